The second-order valence-corrected chi connectivity index (χ2v) is 5.56. The molecule has 0 spiro atoms. The minimum atomic E-state index is -0.745. The van der Waals surface area contributed by atoms with Crippen LogP contribution in [-0.4, -0.2) is 64.8 Å². The third-order valence-corrected chi connectivity index (χ3v) is 3.66. The Morgan fingerprint density at radius 1 is 1.25 bits per heavy atom. The highest BCUT2D eigenvalue weighted by Gasteiger charge is 2.30. The predicted molar refractivity (Wildman–Crippen MR) is 76.1 cm³/mol. The van der Waals surface area contributed by atoms with Crippen LogP contribution >= 0.6 is 0 Å². The molecule has 1 aliphatic heterocycles. The predicted octanol–water partition coefficient (Wildman–Crippen LogP) is -0.00918. The summed E-state index contributed by atoms with van der Waals surface area (Å²) >= 11 is 0. The van der Waals surface area contributed by atoms with Gasteiger partial charge in [0.2, 0.25) is 5.91 Å². The number of aliphatic hydroxyl groups excluding tert-OH is 2. The summed E-state index contributed by atoms with van der Waals surface area (Å²) in [6.07, 6.45) is -1.49. The van der Waals surface area contributed by atoms with Gasteiger partial charge in [0.1, 0.15) is 0 Å². The molecule has 1 aromatic carbocycles. The average Bonchev–Trinajstić information content (AvgIpc) is 2.71. The van der Waals surface area contributed by atoms with Gasteiger partial charge in [0.05, 0.1) is 18.8 Å². The van der Waals surface area contributed by atoms with E-state index in [1.165, 1.54) is 5.56 Å². The van der Waals surface area contributed by atoms with Crippen LogP contribution in [0.3, 0.4) is 0 Å². The molecule has 5 heteroatoms. The van der Waals surface area contributed by atoms with Crippen molar-refractivity contribution in [3.8, 4) is 0 Å². The van der Waals surface area contributed by atoms with Crippen LogP contribution in [0.1, 0.15) is 11.1 Å². The molecule has 2 atom stereocenters. The van der Waals surface area contributed by atoms with E-state index in [2.05, 4.69) is 0 Å². The number of hydrogen-bond donors (Lipinski definition) is 2. The van der Waals surface area contributed by atoms with E-state index in [1.807, 2.05) is 31.2 Å². The number of likely N-dealkylation sites (N-methyl/N-ethyl adjacent to an activating group) is 1. The standard InChI is InChI=1S/C15H22N2O3/c1-11-3-5-12(6-4-11)7-16(2)15(20)10-17-8-13(18)14(19)9-17/h3-6,13-14,18-19H,7-10H2,1-2H3. The number of rotatable bonds is 4. The van der Waals surface area contributed by atoms with Crippen molar-refractivity contribution in [2.45, 2.75) is 25.7 Å². The first-order chi connectivity index (χ1) is 9.45. The Balaban J connectivity index is 1.84. The molecule has 0 radical (unpaired) electrons. The molecule has 2 rings (SSSR count). The van der Waals surface area contributed by atoms with Crippen LogP contribution in [0, 0.1) is 6.92 Å². The fourth-order valence-corrected chi connectivity index (χ4v) is 2.34. The topological polar surface area (TPSA) is 64.0 Å². The molecule has 110 valence electrons. The summed E-state index contributed by atoms with van der Waals surface area (Å²) in [7, 11) is 1.77. The first-order valence-electron chi connectivity index (χ1n) is 6.83. The Morgan fingerprint density at radius 2 is 1.80 bits per heavy atom. The largest absolute Gasteiger partial charge is 0.389 e. The number of aryl methyl sites for hydroxylation is 1. The second kappa shape index (κ2) is 6.35. The van der Waals surface area contributed by atoms with Crippen LogP contribution in [0.2, 0.25) is 0 Å². The van der Waals surface area contributed by atoms with E-state index in [-0.39, 0.29) is 12.5 Å². The molecule has 1 aromatic rings. The minimum absolute atomic E-state index is 0.00752. The summed E-state index contributed by atoms with van der Waals surface area (Å²) in [4.78, 5) is 15.6. The van der Waals surface area contributed by atoms with Gasteiger partial charge in [0.15, 0.2) is 0 Å². The van der Waals surface area contributed by atoms with Crippen molar-refractivity contribution in [3.63, 3.8) is 0 Å². The fraction of sp³-hybridized carbons (Fsp3) is 0.533. The van der Waals surface area contributed by atoms with Gasteiger partial charge in [0, 0.05) is 26.7 Å². The summed E-state index contributed by atoms with van der Waals surface area (Å²) in [5, 5.41) is 18.9. The van der Waals surface area contributed by atoms with Crippen LogP contribution in [-0.2, 0) is 11.3 Å². The summed E-state index contributed by atoms with van der Waals surface area (Å²) in [5.41, 5.74) is 2.29. The van der Waals surface area contributed by atoms with Crippen LogP contribution < -0.4 is 0 Å². The van der Waals surface area contributed by atoms with Gasteiger partial charge in [-0.2, -0.15) is 0 Å². The minimum Gasteiger partial charge on any atom is -0.389 e. The maximum atomic E-state index is 12.1. The molecule has 5 nitrogen and oxygen atoms in total. The smallest absolute Gasteiger partial charge is 0.236 e. The molecule has 0 aliphatic carbocycles. The second-order valence-electron chi connectivity index (χ2n) is 5.56. The zero-order valence-corrected chi connectivity index (χ0v) is 12.0. The summed E-state index contributed by atoms with van der Waals surface area (Å²) < 4.78 is 0. The van der Waals surface area contributed by atoms with Gasteiger partial charge in [-0.3, -0.25) is 9.69 Å². The molecule has 1 heterocycles. The van der Waals surface area contributed by atoms with E-state index in [4.69, 9.17) is 0 Å². The van der Waals surface area contributed by atoms with E-state index in [0.717, 1.165) is 5.56 Å². The number of hydrogen-bond acceptors (Lipinski definition) is 4. The highest BCUT2D eigenvalue weighted by Crippen LogP contribution is 2.11. The molecular formula is C15H22N2O3. The quantitative estimate of drug-likeness (QED) is 0.813. The highest BCUT2D eigenvalue weighted by molar-refractivity contribution is 5.78. The van der Waals surface area contributed by atoms with E-state index >= 15 is 0 Å². The van der Waals surface area contributed by atoms with Crippen LogP contribution in [0.5, 0.6) is 0 Å². The molecule has 2 N–H and O–H groups in total. The number of likely N-dealkylation sites (tertiary alicyclic amines) is 1. The molecule has 1 saturated heterocycles. The first-order valence-corrected chi connectivity index (χ1v) is 6.83. The number of amides is 1. The molecular weight excluding hydrogens is 256 g/mol. The summed E-state index contributed by atoms with van der Waals surface area (Å²) in [6.45, 7) is 3.54. The third kappa shape index (κ3) is 3.79. The zero-order valence-electron chi connectivity index (χ0n) is 12.0. The van der Waals surface area contributed by atoms with Gasteiger partial charge in [-0.15, -0.1) is 0 Å². The lowest BCUT2D eigenvalue weighted by atomic mass is 10.1. The molecule has 1 amide bonds. The molecule has 1 fully saturated rings. The molecule has 0 saturated carbocycles. The van der Waals surface area contributed by atoms with Crippen LogP contribution in [0.4, 0.5) is 0 Å². The lowest BCUT2D eigenvalue weighted by Crippen LogP contribution is -2.37. The molecule has 0 bridgehead atoms. The van der Waals surface area contributed by atoms with Crippen molar-refractivity contribution in [2.75, 3.05) is 26.7 Å². The average molecular weight is 278 g/mol. The van der Waals surface area contributed by atoms with E-state index in [0.29, 0.717) is 19.6 Å². The number of carbonyl (C=O) groups excluding carboxylic acids is 1. The Labute approximate surface area is 119 Å². The van der Waals surface area contributed by atoms with Gasteiger partial charge in [0.25, 0.3) is 0 Å². The van der Waals surface area contributed by atoms with Crippen molar-refractivity contribution < 1.29 is 15.0 Å². The molecule has 1 aliphatic rings. The summed E-state index contributed by atoms with van der Waals surface area (Å²) in [6, 6.07) is 8.09. The highest BCUT2D eigenvalue weighted by atomic mass is 16.3. The van der Waals surface area contributed by atoms with E-state index in [1.54, 1.807) is 16.8 Å². The lowest BCUT2D eigenvalue weighted by molar-refractivity contribution is -0.131. The number of carbonyl (C=O) groups is 1. The van der Waals surface area contributed by atoms with Crippen LogP contribution in [0.15, 0.2) is 24.3 Å². The van der Waals surface area contributed by atoms with Crippen molar-refractivity contribution in [2.24, 2.45) is 0 Å². The van der Waals surface area contributed by atoms with Gasteiger partial charge in [-0.1, -0.05) is 29.8 Å². The third-order valence-electron chi connectivity index (χ3n) is 3.66. The number of benzene rings is 1. The monoisotopic (exact) mass is 278 g/mol. The number of β-amino-alcohol motifs (C(OH)–C–C–N with tert-alkyl or cyclic N) is 2. The zero-order chi connectivity index (χ0) is 14.7. The Hall–Kier alpha value is -1.43. The van der Waals surface area contributed by atoms with Crippen molar-refractivity contribution >= 4 is 5.91 Å². The normalized spacial score (nSPS) is 23.0. The fourth-order valence-electron chi connectivity index (χ4n) is 2.34. The van der Waals surface area contributed by atoms with E-state index in [9.17, 15) is 15.0 Å². The van der Waals surface area contributed by atoms with Gasteiger partial charge >= 0.3 is 0 Å². The Kier molecular flexibility index (Phi) is 4.75. The van der Waals surface area contributed by atoms with Crippen molar-refractivity contribution in [1.82, 2.24) is 9.80 Å². The van der Waals surface area contributed by atoms with E-state index < -0.39 is 12.2 Å². The first kappa shape index (κ1) is 15.0. The maximum absolute atomic E-state index is 12.1. The summed E-state index contributed by atoms with van der Waals surface area (Å²) in [5.74, 6) is -0.00752. The lowest BCUT2D eigenvalue weighted by Gasteiger charge is -2.21. The van der Waals surface area contributed by atoms with Crippen molar-refractivity contribution in [3.05, 3.63) is 35.4 Å². The number of nitrogens with zero attached hydrogens (tertiary/aromatic N) is 2. The van der Waals surface area contributed by atoms with Crippen molar-refractivity contribution in [1.29, 1.82) is 0 Å². The molecule has 0 aromatic heterocycles. The molecule has 2 unspecified atom stereocenters. The maximum Gasteiger partial charge on any atom is 0.236 e. The molecule has 20 heavy (non-hydrogen) atoms. The Morgan fingerprint density at radius 3 is 2.35 bits per heavy atom. The van der Waals surface area contributed by atoms with Gasteiger partial charge in [-0.05, 0) is 12.5 Å². The Bertz CT molecular complexity index is 451. The van der Waals surface area contributed by atoms with Crippen LogP contribution in [0.25, 0.3) is 0 Å². The SMILES string of the molecule is Cc1ccc(CN(C)C(=O)CN2CC(O)C(O)C2)cc1. The number of aliphatic hydroxyl groups is 2. The van der Waals surface area contributed by atoms with Gasteiger partial charge in [-0.25, -0.2) is 0 Å². The van der Waals surface area contributed by atoms with Gasteiger partial charge < -0.3 is 15.1 Å².